The smallest absolute Gasteiger partial charge is 0.246 e. The molecule has 0 radical (unpaired) electrons. The summed E-state index contributed by atoms with van der Waals surface area (Å²) in [6, 6.07) is 1.71. The van der Waals surface area contributed by atoms with Gasteiger partial charge in [-0.2, -0.15) is 0 Å². The van der Waals surface area contributed by atoms with E-state index < -0.39 is 0 Å². The van der Waals surface area contributed by atoms with E-state index in [1.807, 2.05) is 0 Å². The Hall–Kier alpha value is -2.51. The van der Waals surface area contributed by atoms with Gasteiger partial charge >= 0.3 is 0 Å². The largest absolute Gasteiger partial charge is 0.368 e. The van der Waals surface area contributed by atoms with Crippen LogP contribution in [0, 0.1) is 0 Å². The van der Waals surface area contributed by atoms with Gasteiger partial charge in [-0.15, -0.1) is 0 Å². The van der Waals surface area contributed by atoms with Gasteiger partial charge in [-0.25, -0.2) is 0 Å². The molecule has 0 aliphatic carbocycles. The Balaban J connectivity index is 1.97. The topological polar surface area (TPSA) is 118 Å². The fourth-order valence-electron chi connectivity index (χ4n) is 2.36. The summed E-state index contributed by atoms with van der Waals surface area (Å²) in [5.74, 6) is 0.383. The van der Waals surface area contributed by atoms with Gasteiger partial charge in [-0.05, 0) is 18.6 Å². The molecule has 0 aromatic carbocycles. The molecule has 7 heteroatoms. The summed E-state index contributed by atoms with van der Waals surface area (Å²) in [7, 11) is 0. The van der Waals surface area contributed by atoms with E-state index in [-0.39, 0.29) is 24.5 Å². The number of nitrogens with one attached hydrogen (secondary N) is 2. The molecule has 2 atom stereocenters. The highest BCUT2D eigenvalue weighted by atomic mass is 16.1. The first-order valence-corrected chi connectivity index (χ1v) is 7.38. The molecule has 0 spiro atoms. The normalized spacial score (nSPS) is 21.7. The van der Waals surface area contributed by atoms with Crippen LogP contribution in [0.1, 0.15) is 17.7 Å². The summed E-state index contributed by atoms with van der Waals surface area (Å²) in [4.78, 5) is 20.4. The molecule has 6 N–H and O–H groups in total. The standard InChI is InChI=1S/C16H22N6O/c1-3-10-5-12(8-19-14(10)4-2)21-15(23)9-20-16-13(18)6-11(7-17)22-16/h3-5,8,11,13H,1-2,6-7,9,17-18H2,(H,20,22)(H,21,23). The molecule has 0 bridgehead atoms. The van der Waals surface area contributed by atoms with Gasteiger partial charge < -0.3 is 22.1 Å². The van der Waals surface area contributed by atoms with Crippen LogP contribution in [-0.4, -0.2) is 41.9 Å². The van der Waals surface area contributed by atoms with Gasteiger partial charge in [-0.1, -0.05) is 19.2 Å². The van der Waals surface area contributed by atoms with Gasteiger partial charge in [-0.3, -0.25) is 14.8 Å². The third-order valence-corrected chi connectivity index (χ3v) is 3.57. The van der Waals surface area contributed by atoms with Crippen LogP contribution in [-0.2, 0) is 4.79 Å². The van der Waals surface area contributed by atoms with E-state index in [9.17, 15) is 4.79 Å². The summed E-state index contributed by atoms with van der Waals surface area (Å²) in [5.41, 5.74) is 13.6. The van der Waals surface area contributed by atoms with Crippen LogP contribution in [0.2, 0.25) is 0 Å². The maximum absolute atomic E-state index is 12.0. The molecule has 23 heavy (non-hydrogen) atoms. The van der Waals surface area contributed by atoms with Crippen LogP contribution < -0.4 is 22.1 Å². The Kier molecular flexibility index (Phi) is 5.61. The molecule has 1 fully saturated rings. The number of amidine groups is 1. The lowest BCUT2D eigenvalue weighted by atomic mass is 10.2. The van der Waals surface area contributed by atoms with Crippen LogP contribution in [0.3, 0.4) is 0 Å². The number of aliphatic imine (C=N–C) groups is 1. The summed E-state index contributed by atoms with van der Waals surface area (Å²) in [6.07, 6.45) is 5.59. The van der Waals surface area contributed by atoms with E-state index >= 15 is 0 Å². The van der Waals surface area contributed by atoms with Gasteiger partial charge in [0.25, 0.3) is 0 Å². The van der Waals surface area contributed by atoms with Crippen molar-refractivity contribution < 1.29 is 4.79 Å². The molecule has 2 heterocycles. The first-order valence-electron chi connectivity index (χ1n) is 7.38. The Morgan fingerprint density at radius 1 is 1.52 bits per heavy atom. The van der Waals surface area contributed by atoms with Gasteiger partial charge in [0, 0.05) is 18.2 Å². The van der Waals surface area contributed by atoms with Crippen LogP contribution in [0.5, 0.6) is 0 Å². The zero-order chi connectivity index (χ0) is 16.8. The van der Waals surface area contributed by atoms with E-state index in [1.165, 1.54) is 0 Å². The molecule has 0 saturated carbocycles. The van der Waals surface area contributed by atoms with Crippen LogP contribution >= 0.6 is 0 Å². The van der Waals surface area contributed by atoms with Gasteiger partial charge in [0.05, 0.1) is 23.6 Å². The zero-order valence-corrected chi connectivity index (χ0v) is 13.0. The van der Waals surface area contributed by atoms with Crippen LogP contribution in [0.25, 0.3) is 12.2 Å². The van der Waals surface area contributed by atoms with Gasteiger partial charge in [0.2, 0.25) is 5.91 Å². The van der Waals surface area contributed by atoms with Crippen molar-refractivity contribution in [1.82, 2.24) is 10.3 Å². The van der Waals surface area contributed by atoms with Crippen molar-refractivity contribution in [3.63, 3.8) is 0 Å². The number of carbonyl (C=O) groups is 1. The maximum Gasteiger partial charge on any atom is 0.246 e. The highest BCUT2D eigenvalue weighted by molar-refractivity contribution is 5.96. The number of hydrogen-bond donors (Lipinski definition) is 4. The molecule has 2 rings (SSSR count). The Bertz CT molecular complexity index is 639. The number of aromatic nitrogens is 1. The molecular weight excluding hydrogens is 292 g/mol. The SMILES string of the molecule is C=Cc1cc(NC(=O)CN=C2NC(CN)CC2N)cnc1C=C. The second-order valence-corrected chi connectivity index (χ2v) is 5.28. The molecule has 1 aromatic rings. The summed E-state index contributed by atoms with van der Waals surface area (Å²) < 4.78 is 0. The maximum atomic E-state index is 12.0. The van der Waals surface area contributed by atoms with Crippen molar-refractivity contribution >= 4 is 29.6 Å². The molecule has 1 amide bonds. The number of pyridine rings is 1. The van der Waals surface area contributed by atoms with E-state index in [0.29, 0.717) is 23.8 Å². The van der Waals surface area contributed by atoms with Gasteiger partial charge in [0.15, 0.2) is 0 Å². The quantitative estimate of drug-likeness (QED) is 0.604. The number of hydrogen-bond acceptors (Lipinski definition) is 5. The Morgan fingerprint density at radius 3 is 2.91 bits per heavy atom. The van der Waals surface area contributed by atoms with Crippen molar-refractivity contribution in [3.8, 4) is 0 Å². The van der Waals surface area contributed by atoms with Crippen LogP contribution in [0.15, 0.2) is 30.4 Å². The van der Waals surface area contributed by atoms with E-state index in [4.69, 9.17) is 11.5 Å². The average Bonchev–Trinajstić information content (AvgIpc) is 2.93. The molecule has 1 aliphatic heterocycles. The number of nitrogens with zero attached hydrogens (tertiary/aromatic N) is 2. The third-order valence-electron chi connectivity index (χ3n) is 3.57. The van der Waals surface area contributed by atoms with Crippen molar-refractivity contribution in [1.29, 1.82) is 0 Å². The van der Waals surface area contributed by atoms with E-state index in [2.05, 4.69) is 33.8 Å². The van der Waals surface area contributed by atoms with Crippen molar-refractivity contribution in [2.75, 3.05) is 18.4 Å². The fourth-order valence-corrected chi connectivity index (χ4v) is 2.36. The summed E-state index contributed by atoms with van der Waals surface area (Å²) in [5, 5.41) is 5.87. The molecule has 2 unspecified atom stereocenters. The minimum atomic E-state index is -0.245. The number of carbonyl (C=O) groups excluding carboxylic acids is 1. The minimum absolute atomic E-state index is 0.0139. The molecule has 1 aliphatic rings. The van der Waals surface area contributed by atoms with E-state index in [0.717, 1.165) is 12.0 Å². The second-order valence-electron chi connectivity index (χ2n) is 5.28. The molecular formula is C16H22N6O. The number of rotatable bonds is 6. The predicted octanol–water partition coefficient (Wildman–Crippen LogP) is 0.353. The Morgan fingerprint density at radius 2 is 2.30 bits per heavy atom. The van der Waals surface area contributed by atoms with Crippen molar-refractivity contribution in [2.24, 2.45) is 16.5 Å². The minimum Gasteiger partial charge on any atom is -0.368 e. The molecule has 1 aromatic heterocycles. The zero-order valence-electron chi connectivity index (χ0n) is 13.0. The predicted molar refractivity (Wildman–Crippen MR) is 93.9 cm³/mol. The highest BCUT2D eigenvalue weighted by Crippen LogP contribution is 2.15. The third kappa shape index (κ3) is 4.24. The first kappa shape index (κ1) is 16.9. The molecule has 7 nitrogen and oxygen atoms in total. The van der Waals surface area contributed by atoms with Gasteiger partial charge in [0.1, 0.15) is 12.4 Å². The van der Waals surface area contributed by atoms with Crippen molar-refractivity contribution in [3.05, 3.63) is 36.7 Å². The monoisotopic (exact) mass is 314 g/mol. The van der Waals surface area contributed by atoms with Crippen LogP contribution in [0.4, 0.5) is 5.69 Å². The van der Waals surface area contributed by atoms with E-state index in [1.54, 1.807) is 24.4 Å². The highest BCUT2D eigenvalue weighted by Gasteiger charge is 2.25. The summed E-state index contributed by atoms with van der Waals surface area (Å²) >= 11 is 0. The number of nitrogens with two attached hydrogens (primary N) is 2. The first-order chi connectivity index (χ1) is 11.1. The fraction of sp³-hybridized carbons (Fsp3) is 0.312. The summed E-state index contributed by atoms with van der Waals surface area (Å²) in [6.45, 7) is 7.87. The lowest BCUT2D eigenvalue weighted by Gasteiger charge is -2.08. The molecule has 122 valence electrons. The number of anilines is 1. The average molecular weight is 314 g/mol. The second kappa shape index (κ2) is 7.66. The lowest BCUT2D eigenvalue weighted by Crippen LogP contribution is -2.35. The Labute approximate surface area is 135 Å². The number of amides is 1. The molecule has 1 saturated heterocycles. The van der Waals surface area contributed by atoms with Crippen molar-refractivity contribution in [2.45, 2.75) is 18.5 Å². The lowest BCUT2D eigenvalue weighted by molar-refractivity contribution is -0.114.